The molecule has 3 unspecified atom stereocenters. The first-order valence-electron chi connectivity index (χ1n) is 8.77. The molecular formula is C17H30N6O. The molecule has 1 saturated carbocycles. The van der Waals surface area contributed by atoms with E-state index in [4.69, 9.17) is 4.74 Å². The molecule has 1 aromatic heterocycles. The van der Waals surface area contributed by atoms with Crippen molar-refractivity contribution in [2.24, 2.45) is 10.4 Å². The molecule has 1 fully saturated rings. The molecule has 1 aromatic rings. The number of aromatic nitrogens is 3. The first-order valence-corrected chi connectivity index (χ1v) is 8.77. The van der Waals surface area contributed by atoms with Crippen LogP contribution in [0, 0.1) is 12.3 Å². The van der Waals surface area contributed by atoms with Crippen molar-refractivity contribution < 1.29 is 4.74 Å². The molecule has 2 N–H and O–H groups in total. The van der Waals surface area contributed by atoms with Crippen LogP contribution in [0.25, 0.3) is 0 Å². The largest absolute Gasteiger partial charge is 0.378 e. The average Bonchev–Trinajstić information content (AvgIpc) is 2.94. The van der Waals surface area contributed by atoms with Gasteiger partial charge in [-0.2, -0.15) is 5.10 Å². The summed E-state index contributed by atoms with van der Waals surface area (Å²) in [6, 6.07) is 0.486. The van der Waals surface area contributed by atoms with Crippen molar-refractivity contribution in [1.82, 2.24) is 25.4 Å². The number of guanidine groups is 1. The Morgan fingerprint density at radius 3 is 2.71 bits per heavy atom. The van der Waals surface area contributed by atoms with Gasteiger partial charge in [0.05, 0.1) is 11.6 Å². The molecule has 0 saturated heterocycles. The summed E-state index contributed by atoms with van der Waals surface area (Å²) >= 11 is 0. The van der Waals surface area contributed by atoms with Gasteiger partial charge in [0.25, 0.3) is 0 Å². The number of aliphatic imine (C=N–C) groups is 1. The van der Waals surface area contributed by atoms with Crippen molar-refractivity contribution >= 4 is 5.96 Å². The molecule has 1 aliphatic carbocycles. The first kappa shape index (κ1) is 17.2. The Morgan fingerprint density at radius 1 is 1.33 bits per heavy atom. The first-order chi connectivity index (χ1) is 11.3. The van der Waals surface area contributed by atoms with Gasteiger partial charge in [-0.3, -0.25) is 4.99 Å². The van der Waals surface area contributed by atoms with Crippen LogP contribution in [-0.2, 0) is 11.3 Å². The van der Waals surface area contributed by atoms with E-state index in [0.29, 0.717) is 6.04 Å². The van der Waals surface area contributed by atoms with E-state index in [0.717, 1.165) is 43.4 Å². The number of nitrogens with zero attached hydrogens (tertiary/aromatic N) is 4. The van der Waals surface area contributed by atoms with Gasteiger partial charge in [0.15, 0.2) is 5.96 Å². The van der Waals surface area contributed by atoms with Crippen molar-refractivity contribution in [3.05, 3.63) is 11.6 Å². The van der Waals surface area contributed by atoms with E-state index < -0.39 is 0 Å². The number of rotatable bonds is 3. The van der Waals surface area contributed by atoms with Gasteiger partial charge in [0.1, 0.15) is 11.6 Å². The third-order valence-electron chi connectivity index (χ3n) is 6.10. The summed E-state index contributed by atoms with van der Waals surface area (Å²) in [5.41, 5.74) is -0.0474. The smallest absolute Gasteiger partial charge is 0.191 e. The molecule has 2 heterocycles. The molecule has 1 aliphatic heterocycles. The molecule has 0 aromatic carbocycles. The number of methoxy groups -OCH3 is 1. The van der Waals surface area contributed by atoms with Crippen LogP contribution < -0.4 is 10.6 Å². The van der Waals surface area contributed by atoms with Gasteiger partial charge in [0.2, 0.25) is 0 Å². The van der Waals surface area contributed by atoms with Gasteiger partial charge in [-0.15, -0.1) is 0 Å². The molecular weight excluding hydrogens is 304 g/mol. The van der Waals surface area contributed by atoms with Crippen LogP contribution in [0.2, 0.25) is 0 Å². The second kappa shape index (κ2) is 6.02. The summed E-state index contributed by atoms with van der Waals surface area (Å²) in [6.45, 7) is 9.55. The highest BCUT2D eigenvalue weighted by Crippen LogP contribution is 2.51. The number of fused-ring (bicyclic) bond motifs is 1. The highest BCUT2D eigenvalue weighted by Gasteiger charge is 2.58. The standard InChI is InChI=1S/C17H30N6O/c1-11-19-14-12(8-7-9-23(14)22-11)20-15(18-5)21-13-10-17(4,24-6)16(13,2)3/h12-13H,7-10H2,1-6H3,(H2,18,20,21). The Bertz CT molecular complexity index is 637. The second-order valence-electron chi connectivity index (χ2n) is 7.71. The van der Waals surface area contributed by atoms with Crippen molar-refractivity contribution in [1.29, 1.82) is 0 Å². The van der Waals surface area contributed by atoms with E-state index in [9.17, 15) is 0 Å². The topological polar surface area (TPSA) is 76.4 Å². The van der Waals surface area contributed by atoms with Gasteiger partial charge in [-0.25, -0.2) is 9.67 Å². The maximum Gasteiger partial charge on any atom is 0.191 e. The Balaban J connectivity index is 1.67. The van der Waals surface area contributed by atoms with Crippen molar-refractivity contribution in [3.8, 4) is 0 Å². The quantitative estimate of drug-likeness (QED) is 0.651. The summed E-state index contributed by atoms with van der Waals surface area (Å²) in [4.78, 5) is 9.00. The monoisotopic (exact) mass is 334 g/mol. The van der Waals surface area contributed by atoms with E-state index in [1.54, 1.807) is 7.11 Å². The molecule has 134 valence electrons. The van der Waals surface area contributed by atoms with Crippen molar-refractivity contribution in [2.45, 2.75) is 71.2 Å². The van der Waals surface area contributed by atoms with Crippen molar-refractivity contribution in [2.75, 3.05) is 14.2 Å². The van der Waals surface area contributed by atoms with Crippen LogP contribution >= 0.6 is 0 Å². The fraction of sp³-hybridized carbons (Fsp3) is 0.824. The number of hydrogen-bond acceptors (Lipinski definition) is 4. The minimum atomic E-state index is -0.0916. The Morgan fingerprint density at radius 2 is 2.08 bits per heavy atom. The van der Waals surface area contributed by atoms with Crippen LogP contribution in [0.15, 0.2) is 4.99 Å². The predicted molar refractivity (Wildman–Crippen MR) is 94.0 cm³/mol. The zero-order valence-corrected chi connectivity index (χ0v) is 15.7. The number of ether oxygens (including phenoxy) is 1. The Kier molecular flexibility index (Phi) is 4.32. The third-order valence-corrected chi connectivity index (χ3v) is 6.10. The molecule has 0 amide bonds. The number of nitrogens with one attached hydrogen (secondary N) is 2. The molecule has 0 radical (unpaired) electrons. The molecule has 2 aliphatic rings. The summed E-state index contributed by atoms with van der Waals surface area (Å²) in [6.07, 6.45) is 3.11. The molecule has 24 heavy (non-hydrogen) atoms. The second-order valence-corrected chi connectivity index (χ2v) is 7.71. The minimum Gasteiger partial charge on any atom is -0.378 e. The predicted octanol–water partition coefficient (Wildman–Crippen LogP) is 1.79. The summed E-state index contributed by atoms with van der Waals surface area (Å²) in [5, 5.41) is 11.6. The highest BCUT2D eigenvalue weighted by molar-refractivity contribution is 5.80. The Labute approximate surface area is 144 Å². The van der Waals surface area contributed by atoms with Gasteiger partial charge in [0, 0.05) is 32.2 Å². The van der Waals surface area contributed by atoms with Crippen LogP contribution in [0.3, 0.4) is 0 Å². The van der Waals surface area contributed by atoms with E-state index in [1.165, 1.54) is 0 Å². The number of aryl methyl sites for hydroxylation is 2. The lowest BCUT2D eigenvalue weighted by Gasteiger charge is -2.59. The molecule has 3 rings (SSSR count). The van der Waals surface area contributed by atoms with Gasteiger partial charge in [-0.05, 0) is 33.1 Å². The maximum atomic E-state index is 5.71. The lowest BCUT2D eigenvalue weighted by Crippen LogP contribution is -2.69. The van der Waals surface area contributed by atoms with E-state index in [-0.39, 0.29) is 17.1 Å². The van der Waals surface area contributed by atoms with Crippen LogP contribution in [0.1, 0.15) is 57.7 Å². The minimum absolute atomic E-state index is 0.0442. The molecule has 7 heteroatoms. The summed E-state index contributed by atoms with van der Waals surface area (Å²) in [7, 11) is 3.61. The van der Waals surface area contributed by atoms with Gasteiger partial charge < -0.3 is 15.4 Å². The fourth-order valence-electron chi connectivity index (χ4n) is 3.83. The van der Waals surface area contributed by atoms with Gasteiger partial charge >= 0.3 is 0 Å². The molecule has 7 nitrogen and oxygen atoms in total. The lowest BCUT2D eigenvalue weighted by atomic mass is 9.56. The van der Waals surface area contributed by atoms with E-state index >= 15 is 0 Å². The normalized spacial score (nSPS) is 32.0. The zero-order chi connectivity index (χ0) is 17.5. The van der Waals surface area contributed by atoms with Crippen LogP contribution in [0.4, 0.5) is 0 Å². The highest BCUT2D eigenvalue weighted by atomic mass is 16.5. The van der Waals surface area contributed by atoms with Crippen molar-refractivity contribution in [3.63, 3.8) is 0 Å². The average molecular weight is 334 g/mol. The fourth-order valence-corrected chi connectivity index (χ4v) is 3.83. The van der Waals surface area contributed by atoms with Gasteiger partial charge in [-0.1, -0.05) is 13.8 Å². The van der Waals surface area contributed by atoms with E-state index in [1.807, 2.05) is 18.7 Å². The maximum absolute atomic E-state index is 5.71. The third kappa shape index (κ3) is 2.68. The van der Waals surface area contributed by atoms with Crippen LogP contribution in [0.5, 0.6) is 0 Å². The van der Waals surface area contributed by atoms with E-state index in [2.05, 4.69) is 46.5 Å². The van der Waals surface area contributed by atoms with Crippen LogP contribution in [-0.4, -0.2) is 46.5 Å². The summed E-state index contributed by atoms with van der Waals surface area (Å²) in [5.74, 6) is 2.67. The zero-order valence-electron chi connectivity index (χ0n) is 15.7. The SMILES string of the molecule is CN=C(NC1CCCn2nc(C)nc21)NC1CC(C)(OC)C1(C)C. The number of hydrogen-bond donors (Lipinski definition) is 2. The molecule has 3 atom stereocenters. The molecule has 0 spiro atoms. The molecule has 0 bridgehead atoms. The lowest BCUT2D eigenvalue weighted by molar-refractivity contribution is -0.176. The Hall–Kier alpha value is -1.63. The summed E-state index contributed by atoms with van der Waals surface area (Å²) < 4.78 is 7.72.